The molecule has 0 spiro atoms. The van der Waals surface area contributed by atoms with Crippen LogP contribution >= 0.6 is 0 Å². The van der Waals surface area contributed by atoms with Crippen LogP contribution in [0.2, 0.25) is 0 Å². The quantitative estimate of drug-likeness (QED) is 0.464. The molecule has 0 saturated carbocycles. The summed E-state index contributed by atoms with van der Waals surface area (Å²) in [5, 5.41) is 16.5. The largest absolute Gasteiger partial charge is 0.392 e. The number of nitriles is 1. The van der Waals surface area contributed by atoms with Gasteiger partial charge in [0.25, 0.3) is 0 Å². The van der Waals surface area contributed by atoms with Gasteiger partial charge in [-0.3, -0.25) is 0 Å². The van der Waals surface area contributed by atoms with Gasteiger partial charge in [0.1, 0.15) is 0 Å². The molecular formula is C8H13NO. The minimum absolute atomic E-state index is 0.123. The predicted molar refractivity (Wildman–Crippen MR) is 40.3 cm³/mol. The van der Waals surface area contributed by atoms with Crippen molar-refractivity contribution in [3.8, 4) is 6.07 Å². The molecule has 0 saturated heterocycles. The molecule has 2 heteroatoms. The lowest BCUT2D eigenvalue weighted by Crippen LogP contribution is -1.74. The van der Waals surface area contributed by atoms with Crippen molar-refractivity contribution in [1.29, 1.82) is 5.26 Å². The van der Waals surface area contributed by atoms with Crippen molar-refractivity contribution in [3.63, 3.8) is 0 Å². The Morgan fingerprint density at radius 2 is 2.10 bits per heavy atom. The van der Waals surface area contributed by atoms with E-state index in [0.29, 0.717) is 6.42 Å². The van der Waals surface area contributed by atoms with E-state index in [0.717, 1.165) is 19.3 Å². The number of hydrogen-bond acceptors (Lipinski definition) is 2. The Balaban J connectivity index is 2.92. The van der Waals surface area contributed by atoms with Crippen LogP contribution in [0.5, 0.6) is 0 Å². The topological polar surface area (TPSA) is 44.0 Å². The smallest absolute Gasteiger partial charge is 0.0621 e. The zero-order valence-corrected chi connectivity index (χ0v) is 6.08. The summed E-state index contributed by atoms with van der Waals surface area (Å²) in [6.45, 7) is 0.123. The summed E-state index contributed by atoms with van der Waals surface area (Å²) in [6, 6.07) is 2.09. The Bertz CT molecular complexity index is 124. The third-order valence-corrected chi connectivity index (χ3v) is 1.18. The summed E-state index contributed by atoms with van der Waals surface area (Å²) in [4.78, 5) is 0. The molecule has 0 atom stereocenters. The van der Waals surface area contributed by atoms with Crippen LogP contribution in [0.15, 0.2) is 12.2 Å². The number of aliphatic hydroxyl groups excluding tert-OH is 1. The maximum atomic E-state index is 8.33. The number of aliphatic hydroxyl groups is 1. The molecule has 0 aromatic rings. The lowest BCUT2D eigenvalue weighted by atomic mass is 10.2. The highest BCUT2D eigenvalue weighted by atomic mass is 16.2. The average Bonchev–Trinajstić information content (AvgIpc) is 1.97. The highest BCUT2D eigenvalue weighted by Gasteiger charge is 1.82. The minimum Gasteiger partial charge on any atom is -0.392 e. The van der Waals surface area contributed by atoms with Gasteiger partial charge < -0.3 is 5.11 Å². The van der Waals surface area contributed by atoms with Gasteiger partial charge in [-0.1, -0.05) is 12.2 Å². The molecule has 0 aromatic heterocycles. The van der Waals surface area contributed by atoms with Crippen molar-refractivity contribution in [2.24, 2.45) is 0 Å². The molecule has 0 rings (SSSR count). The molecule has 10 heavy (non-hydrogen) atoms. The molecule has 0 aromatic carbocycles. The lowest BCUT2D eigenvalue weighted by Gasteiger charge is -1.88. The van der Waals surface area contributed by atoms with Gasteiger partial charge in [-0.05, 0) is 19.3 Å². The van der Waals surface area contributed by atoms with Crippen LogP contribution in [0.3, 0.4) is 0 Å². The number of rotatable bonds is 5. The molecule has 0 aliphatic heterocycles. The van der Waals surface area contributed by atoms with Gasteiger partial charge in [-0.2, -0.15) is 5.26 Å². The fourth-order valence-electron chi connectivity index (χ4n) is 0.659. The molecule has 1 N–H and O–H groups in total. The van der Waals surface area contributed by atoms with E-state index < -0.39 is 0 Å². The minimum atomic E-state index is 0.123. The summed E-state index contributed by atoms with van der Waals surface area (Å²) in [7, 11) is 0. The highest BCUT2D eigenvalue weighted by Crippen LogP contribution is 1.98. The number of allylic oxidation sites excluding steroid dienone is 1. The normalized spacial score (nSPS) is 10.0. The van der Waals surface area contributed by atoms with Gasteiger partial charge in [0.05, 0.1) is 12.7 Å². The Morgan fingerprint density at radius 1 is 1.30 bits per heavy atom. The third-order valence-electron chi connectivity index (χ3n) is 1.18. The highest BCUT2D eigenvalue weighted by molar-refractivity contribution is 4.81. The summed E-state index contributed by atoms with van der Waals surface area (Å²) >= 11 is 0. The van der Waals surface area contributed by atoms with Crippen LogP contribution in [0, 0.1) is 11.3 Å². The van der Waals surface area contributed by atoms with Crippen molar-refractivity contribution >= 4 is 0 Å². The third kappa shape index (κ3) is 7.19. The zero-order chi connectivity index (χ0) is 7.66. The molecule has 0 bridgehead atoms. The maximum Gasteiger partial charge on any atom is 0.0621 e. The van der Waals surface area contributed by atoms with Crippen molar-refractivity contribution in [3.05, 3.63) is 12.2 Å². The van der Waals surface area contributed by atoms with E-state index in [-0.39, 0.29) is 6.61 Å². The zero-order valence-electron chi connectivity index (χ0n) is 6.08. The molecular weight excluding hydrogens is 126 g/mol. The monoisotopic (exact) mass is 139 g/mol. The van der Waals surface area contributed by atoms with E-state index >= 15 is 0 Å². The molecule has 0 aliphatic carbocycles. The first kappa shape index (κ1) is 9.19. The molecule has 0 fully saturated rings. The van der Waals surface area contributed by atoms with Crippen molar-refractivity contribution in [2.75, 3.05) is 6.61 Å². The molecule has 0 unspecified atom stereocenters. The molecule has 0 amide bonds. The van der Waals surface area contributed by atoms with E-state index in [1.165, 1.54) is 0 Å². The fraction of sp³-hybridized carbons (Fsp3) is 0.625. The first-order chi connectivity index (χ1) is 4.91. The summed E-state index contributed by atoms with van der Waals surface area (Å²) < 4.78 is 0. The van der Waals surface area contributed by atoms with Crippen molar-refractivity contribution in [1.82, 2.24) is 0 Å². The second kappa shape index (κ2) is 8.19. The molecule has 2 nitrogen and oxygen atoms in total. The average molecular weight is 139 g/mol. The first-order valence-electron chi connectivity index (χ1n) is 3.54. The van der Waals surface area contributed by atoms with Gasteiger partial charge in [0.2, 0.25) is 0 Å². The first-order valence-corrected chi connectivity index (χ1v) is 3.54. The summed E-state index contributed by atoms with van der Waals surface area (Å²) in [5.74, 6) is 0. The van der Waals surface area contributed by atoms with E-state index in [2.05, 4.69) is 6.07 Å². The molecule has 0 aliphatic rings. The predicted octanol–water partition coefficient (Wildman–Crippen LogP) is 1.62. The Morgan fingerprint density at radius 3 is 2.70 bits per heavy atom. The fourth-order valence-corrected chi connectivity index (χ4v) is 0.659. The van der Waals surface area contributed by atoms with Crippen LogP contribution < -0.4 is 0 Å². The number of nitrogens with zero attached hydrogens (tertiary/aromatic N) is 1. The summed E-state index contributed by atoms with van der Waals surface area (Å²) in [5.41, 5.74) is 0. The van der Waals surface area contributed by atoms with Gasteiger partial charge in [0, 0.05) is 6.42 Å². The Labute approximate surface area is 61.8 Å². The molecule has 56 valence electrons. The SMILES string of the molecule is N#CCCCC/C=C/CO. The van der Waals surface area contributed by atoms with Crippen LogP contribution in [0.1, 0.15) is 25.7 Å². The van der Waals surface area contributed by atoms with Crippen LogP contribution in [-0.2, 0) is 0 Å². The standard InChI is InChI=1S/C8H13NO/c9-7-5-3-1-2-4-6-8-10/h4,6,10H,1-3,5,8H2/b6-4+. The van der Waals surface area contributed by atoms with Crippen LogP contribution in [0.4, 0.5) is 0 Å². The second-order valence-corrected chi connectivity index (χ2v) is 2.06. The van der Waals surface area contributed by atoms with E-state index in [9.17, 15) is 0 Å². The van der Waals surface area contributed by atoms with Gasteiger partial charge >= 0.3 is 0 Å². The van der Waals surface area contributed by atoms with Crippen LogP contribution in [-0.4, -0.2) is 11.7 Å². The number of hydrogen-bond donors (Lipinski definition) is 1. The Kier molecular flexibility index (Phi) is 7.53. The van der Waals surface area contributed by atoms with Crippen molar-refractivity contribution < 1.29 is 5.11 Å². The maximum absolute atomic E-state index is 8.33. The van der Waals surface area contributed by atoms with Gasteiger partial charge in [0.15, 0.2) is 0 Å². The lowest BCUT2D eigenvalue weighted by molar-refractivity contribution is 0.342. The number of unbranched alkanes of at least 4 members (excludes halogenated alkanes) is 3. The second-order valence-electron chi connectivity index (χ2n) is 2.06. The Hall–Kier alpha value is -0.810. The van der Waals surface area contributed by atoms with Crippen molar-refractivity contribution in [2.45, 2.75) is 25.7 Å². The summed E-state index contributed by atoms with van der Waals surface area (Å²) in [6.07, 6.45) is 7.30. The van der Waals surface area contributed by atoms with E-state index in [1.54, 1.807) is 6.08 Å². The van der Waals surface area contributed by atoms with Gasteiger partial charge in [-0.25, -0.2) is 0 Å². The van der Waals surface area contributed by atoms with E-state index in [1.807, 2.05) is 6.08 Å². The molecule has 0 radical (unpaired) electrons. The van der Waals surface area contributed by atoms with Gasteiger partial charge in [-0.15, -0.1) is 0 Å². The molecule has 0 heterocycles. The van der Waals surface area contributed by atoms with Crippen LogP contribution in [0.25, 0.3) is 0 Å². The van der Waals surface area contributed by atoms with E-state index in [4.69, 9.17) is 10.4 Å².